The molecule has 1 saturated carbocycles. The monoisotopic (exact) mass is 143 g/mol. The molecule has 10 heavy (non-hydrogen) atoms. The summed E-state index contributed by atoms with van der Waals surface area (Å²) in [5.74, 6) is 0. The van der Waals surface area contributed by atoms with Gasteiger partial charge in [0.1, 0.15) is 0 Å². The van der Waals surface area contributed by atoms with Crippen LogP contribution in [0.4, 0.5) is 0 Å². The minimum absolute atomic E-state index is 0.0213. The molecule has 1 fully saturated rings. The molecule has 0 aliphatic heterocycles. The van der Waals surface area contributed by atoms with Crippen molar-refractivity contribution in [1.29, 1.82) is 0 Å². The van der Waals surface area contributed by atoms with Crippen molar-refractivity contribution in [3.63, 3.8) is 0 Å². The van der Waals surface area contributed by atoms with Crippen molar-refractivity contribution in [3.8, 4) is 0 Å². The Kier molecular flexibility index (Phi) is 2.02. The zero-order chi connectivity index (χ0) is 7.78. The molecule has 0 aromatic carbocycles. The van der Waals surface area contributed by atoms with Gasteiger partial charge in [0.15, 0.2) is 0 Å². The highest BCUT2D eigenvalue weighted by molar-refractivity contribution is 4.86. The average Bonchev–Trinajstić information content (AvgIpc) is 1.79. The molecule has 0 saturated heterocycles. The molecule has 0 amide bonds. The van der Waals surface area contributed by atoms with Gasteiger partial charge >= 0.3 is 0 Å². The lowest BCUT2D eigenvalue weighted by Crippen LogP contribution is -2.42. The van der Waals surface area contributed by atoms with Gasteiger partial charge in [-0.2, -0.15) is 0 Å². The highest BCUT2D eigenvalue weighted by Gasteiger charge is 2.31. The van der Waals surface area contributed by atoms with E-state index in [1.165, 1.54) is 0 Å². The first kappa shape index (κ1) is 8.02. The van der Waals surface area contributed by atoms with Crippen LogP contribution < -0.4 is 5.73 Å². The Morgan fingerprint density at radius 2 is 2.10 bits per heavy atom. The minimum Gasteiger partial charge on any atom is -0.391 e. The van der Waals surface area contributed by atoms with Crippen molar-refractivity contribution >= 4 is 0 Å². The third kappa shape index (κ3) is 1.70. The SMILES string of the molecule is CC1(C)CC[C@H](N)[C@@H](O)C1. The van der Waals surface area contributed by atoms with Gasteiger partial charge in [0.2, 0.25) is 0 Å². The van der Waals surface area contributed by atoms with Crippen LogP contribution in [0.25, 0.3) is 0 Å². The summed E-state index contributed by atoms with van der Waals surface area (Å²) in [6.07, 6.45) is 2.69. The molecule has 1 aliphatic rings. The van der Waals surface area contributed by atoms with E-state index in [9.17, 15) is 5.11 Å². The van der Waals surface area contributed by atoms with Crippen molar-refractivity contribution < 1.29 is 5.11 Å². The van der Waals surface area contributed by atoms with Crippen molar-refractivity contribution in [2.24, 2.45) is 11.1 Å². The van der Waals surface area contributed by atoms with E-state index in [2.05, 4.69) is 13.8 Å². The van der Waals surface area contributed by atoms with E-state index >= 15 is 0 Å². The smallest absolute Gasteiger partial charge is 0.0696 e. The molecule has 3 N–H and O–H groups in total. The minimum atomic E-state index is -0.274. The lowest BCUT2D eigenvalue weighted by atomic mass is 9.74. The topological polar surface area (TPSA) is 46.2 Å². The van der Waals surface area contributed by atoms with Crippen molar-refractivity contribution in [2.45, 2.75) is 45.3 Å². The van der Waals surface area contributed by atoms with Crippen LogP contribution in [0.1, 0.15) is 33.1 Å². The number of aliphatic hydroxyl groups excluding tert-OH is 1. The molecular formula is C8H17NO. The van der Waals surface area contributed by atoms with Gasteiger partial charge in [-0.3, -0.25) is 0 Å². The number of aliphatic hydroxyl groups is 1. The Morgan fingerprint density at radius 1 is 1.50 bits per heavy atom. The molecule has 0 unspecified atom stereocenters. The standard InChI is InChI=1S/C8H17NO/c1-8(2)4-3-6(9)7(10)5-8/h6-7,10H,3-5,9H2,1-2H3/t6-,7-/m0/s1. The van der Waals surface area contributed by atoms with Crippen LogP contribution in [-0.4, -0.2) is 17.3 Å². The third-order valence-corrected chi connectivity index (χ3v) is 2.41. The number of hydrogen-bond acceptors (Lipinski definition) is 2. The summed E-state index contributed by atoms with van der Waals surface area (Å²) >= 11 is 0. The molecule has 2 nitrogen and oxygen atoms in total. The molecule has 0 bridgehead atoms. The van der Waals surface area contributed by atoms with Crippen molar-refractivity contribution in [1.82, 2.24) is 0 Å². The lowest BCUT2D eigenvalue weighted by Gasteiger charge is -2.36. The van der Waals surface area contributed by atoms with Crippen LogP contribution >= 0.6 is 0 Å². The van der Waals surface area contributed by atoms with Crippen molar-refractivity contribution in [3.05, 3.63) is 0 Å². The fourth-order valence-corrected chi connectivity index (χ4v) is 1.57. The van der Waals surface area contributed by atoms with Crippen LogP contribution in [0.2, 0.25) is 0 Å². The van der Waals surface area contributed by atoms with Crippen LogP contribution in [0, 0.1) is 5.41 Å². The van der Waals surface area contributed by atoms with Crippen LogP contribution in [0.3, 0.4) is 0 Å². The summed E-state index contributed by atoms with van der Waals surface area (Å²) in [7, 11) is 0. The number of hydrogen-bond donors (Lipinski definition) is 2. The summed E-state index contributed by atoms with van der Waals surface area (Å²) in [5, 5.41) is 9.39. The first-order valence-corrected chi connectivity index (χ1v) is 3.95. The maximum absolute atomic E-state index is 9.39. The van der Waals surface area contributed by atoms with E-state index in [4.69, 9.17) is 5.73 Å². The molecule has 0 aromatic rings. The molecule has 0 spiro atoms. The highest BCUT2D eigenvalue weighted by atomic mass is 16.3. The maximum atomic E-state index is 9.39. The van der Waals surface area contributed by atoms with Crippen LogP contribution in [0.5, 0.6) is 0 Å². The molecule has 0 heterocycles. The van der Waals surface area contributed by atoms with Gasteiger partial charge in [0.05, 0.1) is 6.10 Å². The normalized spacial score (nSPS) is 39.6. The van der Waals surface area contributed by atoms with Gasteiger partial charge in [0.25, 0.3) is 0 Å². The Morgan fingerprint density at radius 3 is 2.50 bits per heavy atom. The van der Waals surface area contributed by atoms with Gasteiger partial charge in [0, 0.05) is 6.04 Å². The Hall–Kier alpha value is -0.0800. The van der Waals surface area contributed by atoms with E-state index < -0.39 is 0 Å². The average molecular weight is 143 g/mol. The molecule has 2 atom stereocenters. The highest BCUT2D eigenvalue weighted by Crippen LogP contribution is 2.34. The maximum Gasteiger partial charge on any atom is 0.0696 e. The fraction of sp³-hybridized carbons (Fsp3) is 1.00. The lowest BCUT2D eigenvalue weighted by molar-refractivity contribution is 0.0485. The van der Waals surface area contributed by atoms with Gasteiger partial charge in [-0.25, -0.2) is 0 Å². The predicted octanol–water partition coefficient (Wildman–Crippen LogP) is 0.885. The van der Waals surface area contributed by atoms with E-state index in [1.807, 2.05) is 0 Å². The first-order chi connectivity index (χ1) is 4.51. The molecule has 1 aliphatic carbocycles. The Bertz CT molecular complexity index is 122. The molecule has 0 radical (unpaired) electrons. The summed E-state index contributed by atoms with van der Waals surface area (Å²) in [6.45, 7) is 4.37. The predicted molar refractivity (Wildman–Crippen MR) is 41.6 cm³/mol. The largest absolute Gasteiger partial charge is 0.391 e. The second-order valence-corrected chi connectivity index (χ2v) is 4.14. The van der Waals surface area contributed by atoms with Crippen LogP contribution in [0.15, 0.2) is 0 Å². The van der Waals surface area contributed by atoms with E-state index in [0.717, 1.165) is 19.3 Å². The Labute approximate surface area is 62.4 Å². The zero-order valence-corrected chi connectivity index (χ0v) is 6.80. The fourth-order valence-electron chi connectivity index (χ4n) is 1.57. The van der Waals surface area contributed by atoms with E-state index in [1.54, 1.807) is 0 Å². The molecular weight excluding hydrogens is 126 g/mol. The second kappa shape index (κ2) is 2.51. The van der Waals surface area contributed by atoms with Gasteiger partial charge in [-0.1, -0.05) is 13.8 Å². The van der Waals surface area contributed by atoms with Gasteiger partial charge in [-0.15, -0.1) is 0 Å². The number of nitrogens with two attached hydrogens (primary N) is 1. The quantitative estimate of drug-likeness (QED) is 0.529. The summed E-state index contributed by atoms with van der Waals surface area (Å²) < 4.78 is 0. The van der Waals surface area contributed by atoms with E-state index in [-0.39, 0.29) is 12.1 Å². The molecule has 2 heteroatoms. The summed E-state index contributed by atoms with van der Waals surface area (Å²) in [5.41, 5.74) is 5.95. The summed E-state index contributed by atoms with van der Waals surface area (Å²) in [4.78, 5) is 0. The zero-order valence-electron chi connectivity index (χ0n) is 6.80. The van der Waals surface area contributed by atoms with Crippen molar-refractivity contribution in [2.75, 3.05) is 0 Å². The second-order valence-electron chi connectivity index (χ2n) is 4.14. The van der Waals surface area contributed by atoms with Crippen LogP contribution in [-0.2, 0) is 0 Å². The first-order valence-electron chi connectivity index (χ1n) is 3.95. The molecule has 60 valence electrons. The number of rotatable bonds is 0. The summed E-state index contributed by atoms with van der Waals surface area (Å²) in [6, 6.07) is 0.0213. The van der Waals surface area contributed by atoms with Gasteiger partial charge < -0.3 is 10.8 Å². The third-order valence-electron chi connectivity index (χ3n) is 2.41. The van der Waals surface area contributed by atoms with Gasteiger partial charge in [-0.05, 0) is 24.7 Å². The molecule has 1 rings (SSSR count). The van der Waals surface area contributed by atoms with E-state index in [0.29, 0.717) is 5.41 Å². The Balaban J connectivity index is 2.49. The molecule has 0 aromatic heterocycles.